The van der Waals surface area contributed by atoms with E-state index in [4.69, 9.17) is 5.73 Å². The summed E-state index contributed by atoms with van der Waals surface area (Å²) in [5.74, 6) is -0.544. The molecule has 2 amide bonds. The molecule has 1 aliphatic heterocycles. The molecule has 0 aromatic heterocycles. The number of nitrogens with two attached hydrogens (primary N) is 1. The van der Waals surface area contributed by atoms with Gasteiger partial charge in [0.1, 0.15) is 6.04 Å². The van der Waals surface area contributed by atoms with Crippen LogP contribution in [0.4, 0.5) is 0 Å². The number of likely N-dealkylation sites (tertiary alicyclic amines) is 1. The van der Waals surface area contributed by atoms with Crippen LogP contribution >= 0.6 is 15.9 Å². The molecule has 1 aromatic rings. The minimum atomic E-state index is -0.467. The lowest BCUT2D eigenvalue weighted by Crippen LogP contribution is -2.50. The lowest BCUT2D eigenvalue weighted by atomic mass is 10.0. The first-order chi connectivity index (χ1) is 8.59. The molecule has 0 unspecified atom stereocenters. The predicted octanol–water partition coefficient (Wildman–Crippen LogP) is 1.93. The maximum atomic E-state index is 12.4. The Morgan fingerprint density at radius 3 is 2.78 bits per heavy atom. The van der Waals surface area contributed by atoms with Gasteiger partial charge in [0.25, 0.3) is 5.91 Å². The Labute approximate surface area is 114 Å². The molecule has 0 bridgehead atoms. The largest absolute Gasteiger partial charge is 0.368 e. The van der Waals surface area contributed by atoms with Crippen LogP contribution in [0.1, 0.15) is 29.6 Å². The molecular formula is C13H15BrN2O2. The Kier molecular flexibility index (Phi) is 4.01. The van der Waals surface area contributed by atoms with Gasteiger partial charge in [0.2, 0.25) is 5.91 Å². The number of amides is 2. The van der Waals surface area contributed by atoms with Gasteiger partial charge >= 0.3 is 0 Å². The van der Waals surface area contributed by atoms with Gasteiger partial charge in [-0.2, -0.15) is 0 Å². The molecule has 1 heterocycles. The third kappa shape index (κ3) is 2.72. The zero-order chi connectivity index (χ0) is 13.1. The second-order valence-corrected chi connectivity index (χ2v) is 5.34. The lowest BCUT2D eigenvalue weighted by molar-refractivity contribution is -0.123. The standard InChI is InChI=1S/C13H15BrN2O2/c14-10-5-3-4-9(8-10)13(18)16-7-2-1-6-11(16)12(15)17/h3-5,8,11H,1-2,6-7H2,(H2,15,17)/t11-/m1/s1. The zero-order valence-electron chi connectivity index (χ0n) is 9.93. The quantitative estimate of drug-likeness (QED) is 0.907. The van der Waals surface area contributed by atoms with E-state index < -0.39 is 11.9 Å². The number of hydrogen-bond acceptors (Lipinski definition) is 2. The summed E-state index contributed by atoms with van der Waals surface area (Å²) >= 11 is 3.34. The van der Waals surface area contributed by atoms with Crippen LogP contribution in [0, 0.1) is 0 Å². The highest BCUT2D eigenvalue weighted by molar-refractivity contribution is 9.10. The molecule has 2 rings (SSSR count). The summed E-state index contributed by atoms with van der Waals surface area (Å²) in [7, 11) is 0. The molecule has 96 valence electrons. The van der Waals surface area contributed by atoms with Crippen LogP contribution in [0.3, 0.4) is 0 Å². The van der Waals surface area contributed by atoms with Gasteiger partial charge in [-0.05, 0) is 37.5 Å². The second kappa shape index (κ2) is 5.52. The molecule has 0 spiro atoms. The van der Waals surface area contributed by atoms with Crippen molar-refractivity contribution in [2.24, 2.45) is 5.73 Å². The summed E-state index contributed by atoms with van der Waals surface area (Å²) in [6.07, 6.45) is 2.52. The Bertz CT molecular complexity index is 476. The molecule has 1 atom stereocenters. The normalized spacial score (nSPS) is 19.6. The minimum absolute atomic E-state index is 0.125. The number of rotatable bonds is 2. The van der Waals surface area contributed by atoms with Gasteiger partial charge in [0, 0.05) is 16.6 Å². The number of carbonyl (C=O) groups is 2. The number of halogens is 1. The van der Waals surface area contributed by atoms with Gasteiger partial charge in [-0.3, -0.25) is 9.59 Å². The van der Waals surface area contributed by atoms with Gasteiger partial charge < -0.3 is 10.6 Å². The molecule has 0 aliphatic carbocycles. The fourth-order valence-electron chi connectivity index (χ4n) is 2.26. The van der Waals surface area contributed by atoms with E-state index in [0.717, 1.165) is 17.3 Å². The number of benzene rings is 1. The van der Waals surface area contributed by atoms with Crippen LogP contribution in [-0.2, 0) is 4.79 Å². The summed E-state index contributed by atoms with van der Waals surface area (Å²) in [5.41, 5.74) is 5.94. The second-order valence-electron chi connectivity index (χ2n) is 4.42. The summed E-state index contributed by atoms with van der Waals surface area (Å²) in [6.45, 7) is 0.596. The summed E-state index contributed by atoms with van der Waals surface area (Å²) in [6, 6.07) is 6.71. The van der Waals surface area contributed by atoms with Crippen molar-refractivity contribution in [1.29, 1.82) is 0 Å². The van der Waals surface area contributed by atoms with E-state index in [1.165, 1.54) is 0 Å². The monoisotopic (exact) mass is 310 g/mol. The van der Waals surface area contributed by atoms with Gasteiger partial charge in [-0.1, -0.05) is 22.0 Å². The average molecular weight is 311 g/mol. The Morgan fingerprint density at radius 2 is 2.11 bits per heavy atom. The molecule has 4 nitrogen and oxygen atoms in total. The van der Waals surface area contributed by atoms with Crippen molar-refractivity contribution in [3.05, 3.63) is 34.3 Å². The van der Waals surface area contributed by atoms with Crippen LogP contribution in [0.5, 0.6) is 0 Å². The van der Waals surface area contributed by atoms with Crippen molar-refractivity contribution >= 4 is 27.7 Å². The van der Waals surface area contributed by atoms with Crippen molar-refractivity contribution in [3.63, 3.8) is 0 Å². The maximum Gasteiger partial charge on any atom is 0.254 e. The van der Waals surface area contributed by atoms with Crippen molar-refractivity contribution in [2.75, 3.05) is 6.54 Å². The highest BCUT2D eigenvalue weighted by Crippen LogP contribution is 2.21. The van der Waals surface area contributed by atoms with Crippen molar-refractivity contribution in [2.45, 2.75) is 25.3 Å². The Morgan fingerprint density at radius 1 is 1.33 bits per heavy atom. The topological polar surface area (TPSA) is 63.4 Å². The first-order valence-corrected chi connectivity index (χ1v) is 6.75. The first-order valence-electron chi connectivity index (χ1n) is 5.95. The van der Waals surface area contributed by atoms with Crippen LogP contribution in [0.25, 0.3) is 0 Å². The Hall–Kier alpha value is -1.36. The Balaban J connectivity index is 2.23. The van der Waals surface area contributed by atoms with E-state index in [0.29, 0.717) is 18.5 Å². The third-order valence-corrected chi connectivity index (χ3v) is 3.66. The van der Waals surface area contributed by atoms with Crippen LogP contribution in [0.2, 0.25) is 0 Å². The highest BCUT2D eigenvalue weighted by atomic mass is 79.9. The minimum Gasteiger partial charge on any atom is -0.368 e. The molecule has 5 heteroatoms. The number of hydrogen-bond donors (Lipinski definition) is 1. The van der Waals surface area contributed by atoms with E-state index in [-0.39, 0.29) is 5.91 Å². The lowest BCUT2D eigenvalue weighted by Gasteiger charge is -2.33. The maximum absolute atomic E-state index is 12.4. The molecule has 1 saturated heterocycles. The summed E-state index contributed by atoms with van der Waals surface area (Å²) in [5, 5.41) is 0. The van der Waals surface area contributed by atoms with Crippen LogP contribution in [-0.4, -0.2) is 29.3 Å². The molecule has 1 aromatic carbocycles. The first kappa shape index (κ1) is 13.1. The summed E-state index contributed by atoms with van der Waals surface area (Å²) in [4.78, 5) is 25.3. The SMILES string of the molecule is NC(=O)[C@H]1CCCCN1C(=O)c1cccc(Br)c1. The number of carbonyl (C=O) groups excluding carboxylic acids is 2. The zero-order valence-corrected chi connectivity index (χ0v) is 11.5. The van der Waals surface area contributed by atoms with Crippen molar-refractivity contribution in [3.8, 4) is 0 Å². The van der Waals surface area contributed by atoms with Gasteiger partial charge in [-0.25, -0.2) is 0 Å². The molecule has 0 radical (unpaired) electrons. The van der Waals surface area contributed by atoms with Crippen LogP contribution < -0.4 is 5.73 Å². The average Bonchev–Trinajstić information content (AvgIpc) is 2.38. The third-order valence-electron chi connectivity index (χ3n) is 3.16. The van der Waals surface area contributed by atoms with E-state index in [1.54, 1.807) is 23.1 Å². The van der Waals surface area contributed by atoms with Crippen molar-refractivity contribution < 1.29 is 9.59 Å². The number of primary amides is 1. The van der Waals surface area contributed by atoms with Gasteiger partial charge in [-0.15, -0.1) is 0 Å². The van der Waals surface area contributed by atoms with E-state index in [2.05, 4.69) is 15.9 Å². The van der Waals surface area contributed by atoms with E-state index in [9.17, 15) is 9.59 Å². The predicted molar refractivity (Wildman–Crippen MR) is 72.0 cm³/mol. The highest BCUT2D eigenvalue weighted by Gasteiger charge is 2.31. The van der Waals surface area contributed by atoms with Crippen LogP contribution in [0.15, 0.2) is 28.7 Å². The number of piperidine rings is 1. The summed E-state index contributed by atoms with van der Waals surface area (Å²) < 4.78 is 0.848. The fraction of sp³-hybridized carbons (Fsp3) is 0.385. The molecule has 1 fully saturated rings. The molecule has 1 aliphatic rings. The molecule has 18 heavy (non-hydrogen) atoms. The van der Waals surface area contributed by atoms with E-state index in [1.807, 2.05) is 6.07 Å². The molecular weight excluding hydrogens is 296 g/mol. The smallest absolute Gasteiger partial charge is 0.254 e. The van der Waals surface area contributed by atoms with Gasteiger partial charge in [0.05, 0.1) is 0 Å². The fourth-order valence-corrected chi connectivity index (χ4v) is 2.66. The number of nitrogens with zero attached hydrogens (tertiary/aromatic N) is 1. The van der Waals surface area contributed by atoms with E-state index >= 15 is 0 Å². The van der Waals surface area contributed by atoms with Crippen molar-refractivity contribution in [1.82, 2.24) is 4.90 Å². The molecule has 0 saturated carbocycles. The molecule has 2 N–H and O–H groups in total. The van der Waals surface area contributed by atoms with Gasteiger partial charge in [0.15, 0.2) is 0 Å².